The van der Waals surface area contributed by atoms with Crippen molar-refractivity contribution in [2.75, 3.05) is 13.2 Å². The molecule has 0 aliphatic carbocycles. The first-order valence-electron chi connectivity index (χ1n) is 8.72. The topological polar surface area (TPSA) is 44.3 Å². The lowest BCUT2D eigenvalue weighted by Gasteiger charge is -2.29. The number of unbranched alkanes of at least 4 members (excludes halogenated alkanes) is 1. The molecule has 0 bridgehead atoms. The van der Waals surface area contributed by atoms with Crippen molar-refractivity contribution in [3.8, 4) is 0 Å². The first kappa shape index (κ1) is 19.7. The number of hydrogen-bond acceptors (Lipinski definition) is 3. The van der Waals surface area contributed by atoms with E-state index in [4.69, 9.17) is 9.47 Å². The van der Waals surface area contributed by atoms with E-state index in [2.05, 4.69) is 42.4 Å². The van der Waals surface area contributed by atoms with Crippen LogP contribution >= 0.6 is 0 Å². The molecule has 1 rings (SSSR count). The Balaban J connectivity index is 2.39. The molecule has 1 unspecified atom stereocenters. The van der Waals surface area contributed by atoms with Crippen molar-refractivity contribution < 1.29 is 18.8 Å². The molecule has 5 heteroatoms. The summed E-state index contributed by atoms with van der Waals surface area (Å²) < 4.78 is 15.3. The summed E-state index contributed by atoms with van der Waals surface area (Å²) in [7, 11) is 2.06. The Labute approximate surface area is 140 Å². The van der Waals surface area contributed by atoms with Crippen LogP contribution in [-0.4, -0.2) is 29.4 Å². The summed E-state index contributed by atoms with van der Waals surface area (Å²) in [6.45, 7) is 10.2. The average Bonchev–Trinajstić information content (AvgIpc) is 2.82. The number of carbonyl (C=O) groups excluding carboxylic acids is 1. The van der Waals surface area contributed by atoms with Crippen LogP contribution in [0.2, 0.25) is 0 Å². The summed E-state index contributed by atoms with van der Waals surface area (Å²) in [6, 6.07) is 0. The molecule has 1 heterocycles. The van der Waals surface area contributed by atoms with Gasteiger partial charge < -0.3 is 9.47 Å². The summed E-state index contributed by atoms with van der Waals surface area (Å²) in [5.74, 6) is 1.13. The van der Waals surface area contributed by atoms with Gasteiger partial charge in [-0.05, 0) is 46.5 Å². The number of aromatic nitrogens is 2. The number of ether oxygens (including phenoxy) is 2. The third-order valence-electron chi connectivity index (χ3n) is 4.41. The van der Waals surface area contributed by atoms with Crippen LogP contribution in [0.15, 0.2) is 12.4 Å². The Morgan fingerprint density at radius 3 is 2.57 bits per heavy atom. The molecule has 23 heavy (non-hydrogen) atoms. The number of nitrogens with zero attached hydrogens (tertiary/aromatic N) is 2. The smallest absolute Gasteiger partial charge is 0.305 e. The highest BCUT2D eigenvalue weighted by atomic mass is 16.5. The maximum absolute atomic E-state index is 11.6. The minimum Gasteiger partial charge on any atom is -0.466 e. The lowest BCUT2D eigenvalue weighted by Crippen LogP contribution is -2.36. The Bertz CT molecular complexity index is 485. The zero-order chi connectivity index (χ0) is 17.3. The molecule has 0 N–H and O–H groups in total. The van der Waals surface area contributed by atoms with Gasteiger partial charge in [-0.3, -0.25) is 4.79 Å². The molecule has 0 spiro atoms. The minimum atomic E-state index is -0.238. The molecule has 0 saturated heterocycles. The molecule has 5 nitrogen and oxygen atoms in total. The van der Waals surface area contributed by atoms with Crippen LogP contribution in [0.5, 0.6) is 0 Å². The largest absolute Gasteiger partial charge is 0.466 e. The first-order chi connectivity index (χ1) is 10.9. The van der Waals surface area contributed by atoms with E-state index < -0.39 is 0 Å². The molecule has 0 aliphatic heterocycles. The molecule has 1 aromatic heterocycles. The van der Waals surface area contributed by atoms with E-state index in [1.165, 1.54) is 5.82 Å². The molecule has 132 valence electrons. The van der Waals surface area contributed by atoms with Crippen molar-refractivity contribution in [1.82, 2.24) is 4.57 Å². The SMILES string of the molecule is CCOC(=O)CCC(C)(CCCC[n+]1ccn(C)c1C)OCC. The molecule has 0 aromatic carbocycles. The van der Waals surface area contributed by atoms with Gasteiger partial charge in [0.2, 0.25) is 0 Å². The summed E-state index contributed by atoms with van der Waals surface area (Å²) >= 11 is 0. The maximum Gasteiger partial charge on any atom is 0.305 e. The lowest BCUT2D eigenvalue weighted by atomic mass is 9.93. The van der Waals surface area contributed by atoms with Crippen LogP contribution in [0.25, 0.3) is 0 Å². The molecule has 1 aromatic rings. The van der Waals surface area contributed by atoms with Gasteiger partial charge in [-0.25, -0.2) is 9.13 Å². The Hall–Kier alpha value is -1.36. The van der Waals surface area contributed by atoms with Crippen LogP contribution in [-0.2, 0) is 27.9 Å². The van der Waals surface area contributed by atoms with Gasteiger partial charge in [0.25, 0.3) is 5.82 Å². The van der Waals surface area contributed by atoms with Crippen molar-refractivity contribution in [2.45, 2.75) is 71.9 Å². The maximum atomic E-state index is 11.6. The predicted molar refractivity (Wildman–Crippen MR) is 90.1 cm³/mol. The van der Waals surface area contributed by atoms with Crippen molar-refractivity contribution in [3.63, 3.8) is 0 Å². The quantitative estimate of drug-likeness (QED) is 0.357. The van der Waals surface area contributed by atoms with Crippen molar-refractivity contribution in [1.29, 1.82) is 0 Å². The number of rotatable bonds is 11. The fourth-order valence-electron chi connectivity index (χ4n) is 2.83. The fourth-order valence-corrected chi connectivity index (χ4v) is 2.83. The minimum absolute atomic E-state index is 0.131. The van der Waals surface area contributed by atoms with E-state index in [9.17, 15) is 4.79 Å². The van der Waals surface area contributed by atoms with Crippen molar-refractivity contribution in [3.05, 3.63) is 18.2 Å². The average molecular weight is 325 g/mol. The predicted octanol–water partition coefficient (Wildman–Crippen LogP) is 2.93. The fraction of sp³-hybridized carbons (Fsp3) is 0.778. The van der Waals surface area contributed by atoms with Crippen molar-refractivity contribution >= 4 is 5.97 Å². The molecule has 0 fully saturated rings. The standard InChI is InChI=1S/C18H33N2O3/c1-6-22-17(21)10-12-18(4,23-7-2)11-8-9-13-20-15-14-19(5)16(20)3/h14-15H,6-13H2,1-5H3/q+1. The number of aryl methyl sites for hydroxylation is 2. The normalized spacial score (nSPS) is 13.8. The van der Waals surface area contributed by atoms with Crippen LogP contribution in [0, 0.1) is 6.92 Å². The second-order valence-corrected chi connectivity index (χ2v) is 6.29. The number of hydrogen-bond donors (Lipinski definition) is 0. The van der Waals surface area contributed by atoms with E-state index in [0.29, 0.717) is 19.6 Å². The van der Waals surface area contributed by atoms with Gasteiger partial charge in [0, 0.05) is 20.0 Å². The first-order valence-corrected chi connectivity index (χ1v) is 8.72. The molecule has 0 aliphatic rings. The van der Waals surface area contributed by atoms with Gasteiger partial charge in [-0.2, -0.15) is 0 Å². The van der Waals surface area contributed by atoms with Gasteiger partial charge in [0.1, 0.15) is 12.4 Å². The molecule has 0 amide bonds. The summed E-state index contributed by atoms with van der Waals surface area (Å²) in [5, 5.41) is 0. The Morgan fingerprint density at radius 1 is 1.26 bits per heavy atom. The molecule has 0 saturated carbocycles. The highest BCUT2D eigenvalue weighted by Gasteiger charge is 2.25. The monoisotopic (exact) mass is 325 g/mol. The number of carbonyl (C=O) groups is 1. The summed E-state index contributed by atoms with van der Waals surface area (Å²) in [5.41, 5.74) is -0.238. The molecular formula is C18H33N2O3+. The number of imidazole rings is 1. The van der Waals surface area contributed by atoms with E-state index in [-0.39, 0.29) is 11.6 Å². The van der Waals surface area contributed by atoms with Crippen LogP contribution in [0.4, 0.5) is 0 Å². The van der Waals surface area contributed by atoms with Crippen LogP contribution < -0.4 is 4.57 Å². The highest BCUT2D eigenvalue weighted by molar-refractivity contribution is 5.69. The summed E-state index contributed by atoms with van der Waals surface area (Å²) in [6.07, 6.45) is 8.51. The van der Waals surface area contributed by atoms with Gasteiger partial charge in [0.15, 0.2) is 0 Å². The van der Waals surface area contributed by atoms with Gasteiger partial charge in [-0.15, -0.1) is 0 Å². The third kappa shape index (κ3) is 6.73. The van der Waals surface area contributed by atoms with E-state index in [1.807, 2.05) is 13.8 Å². The zero-order valence-electron chi connectivity index (χ0n) is 15.4. The third-order valence-corrected chi connectivity index (χ3v) is 4.41. The summed E-state index contributed by atoms with van der Waals surface area (Å²) in [4.78, 5) is 11.6. The zero-order valence-corrected chi connectivity index (χ0v) is 15.4. The molecule has 0 radical (unpaired) electrons. The van der Waals surface area contributed by atoms with Crippen LogP contribution in [0.1, 0.15) is 58.7 Å². The number of esters is 1. The van der Waals surface area contributed by atoms with Gasteiger partial charge in [0.05, 0.1) is 25.8 Å². The molecular weight excluding hydrogens is 292 g/mol. The Kier molecular flexibility index (Phi) is 8.31. The highest BCUT2D eigenvalue weighted by Crippen LogP contribution is 2.25. The Morgan fingerprint density at radius 2 is 2.00 bits per heavy atom. The lowest BCUT2D eigenvalue weighted by molar-refractivity contribution is -0.702. The molecule has 1 atom stereocenters. The second kappa shape index (κ2) is 9.71. The second-order valence-electron chi connectivity index (χ2n) is 6.29. The van der Waals surface area contributed by atoms with Crippen molar-refractivity contribution in [2.24, 2.45) is 7.05 Å². The van der Waals surface area contributed by atoms with E-state index in [1.54, 1.807) is 0 Å². The van der Waals surface area contributed by atoms with E-state index in [0.717, 1.165) is 32.2 Å². The van der Waals surface area contributed by atoms with E-state index >= 15 is 0 Å². The van der Waals surface area contributed by atoms with Gasteiger partial charge in [-0.1, -0.05) is 0 Å². The van der Waals surface area contributed by atoms with Gasteiger partial charge >= 0.3 is 5.97 Å². The van der Waals surface area contributed by atoms with Crippen LogP contribution in [0.3, 0.4) is 0 Å².